The van der Waals surface area contributed by atoms with Crippen molar-refractivity contribution in [2.75, 3.05) is 39.8 Å². The van der Waals surface area contributed by atoms with Gasteiger partial charge in [0.25, 0.3) is 0 Å². The summed E-state index contributed by atoms with van der Waals surface area (Å²) in [4.78, 5) is 27.2. The first-order valence-corrected chi connectivity index (χ1v) is 6.38. The Hall–Kier alpha value is -1.26. The molecule has 2 rings (SSSR count). The SMILES string of the molecule is CCN1CCN(CC)C1=O.CN1CCCC1=O. The molecular weight excluding hydrogens is 218 g/mol. The van der Waals surface area contributed by atoms with Crippen molar-refractivity contribution >= 4 is 11.9 Å². The van der Waals surface area contributed by atoms with Crippen molar-refractivity contribution in [3.05, 3.63) is 0 Å². The fourth-order valence-corrected chi connectivity index (χ4v) is 2.00. The molecule has 0 aromatic carbocycles. The van der Waals surface area contributed by atoms with Crippen molar-refractivity contribution in [3.63, 3.8) is 0 Å². The molecule has 3 amide bonds. The Morgan fingerprint density at radius 2 is 1.53 bits per heavy atom. The zero-order chi connectivity index (χ0) is 12.8. The van der Waals surface area contributed by atoms with Crippen LogP contribution in [0.25, 0.3) is 0 Å². The highest BCUT2D eigenvalue weighted by atomic mass is 16.2. The van der Waals surface area contributed by atoms with Gasteiger partial charge in [-0.05, 0) is 20.3 Å². The van der Waals surface area contributed by atoms with Gasteiger partial charge in [-0.2, -0.15) is 0 Å². The molecule has 0 saturated carbocycles. The number of urea groups is 1. The molecule has 98 valence electrons. The molecule has 2 aliphatic heterocycles. The highest BCUT2D eigenvalue weighted by molar-refractivity contribution is 5.77. The molecular formula is C12H23N3O2. The van der Waals surface area contributed by atoms with E-state index >= 15 is 0 Å². The van der Waals surface area contributed by atoms with E-state index in [2.05, 4.69) is 0 Å². The van der Waals surface area contributed by atoms with Gasteiger partial charge in [0.2, 0.25) is 5.91 Å². The van der Waals surface area contributed by atoms with Gasteiger partial charge >= 0.3 is 6.03 Å². The Morgan fingerprint density at radius 3 is 1.71 bits per heavy atom. The van der Waals surface area contributed by atoms with Crippen molar-refractivity contribution in [1.82, 2.24) is 14.7 Å². The summed E-state index contributed by atoms with van der Waals surface area (Å²) in [6.45, 7) is 8.48. The van der Waals surface area contributed by atoms with E-state index in [4.69, 9.17) is 0 Å². The molecule has 0 bridgehead atoms. The van der Waals surface area contributed by atoms with E-state index in [-0.39, 0.29) is 6.03 Å². The third kappa shape index (κ3) is 3.61. The minimum atomic E-state index is 0.199. The first-order valence-electron chi connectivity index (χ1n) is 6.38. The van der Waals surface area contributed by atoms with Gasteiger partial charge in [0.15, 0.2) is 0 Å². The quantitative estimate of drug-likeness (QED) is 0.724. The highest BCUT2D eigenvalue weighted by Gasteiger charge is 2.24. The predicted molar refractivity (Wildman–Crippen MR) is 66.8 cm³/mol. The van der Waals surface area contributed by atoms with Gasteiger partial charge in [-0.1, -0.05) is 0 Å². The van der Waals surface area contributed by atoms with Crippen molar-refractivity contribution < 1.29 is 9.59 Å². The molecule has 5 nitrogen and oxygen atoms in total. The fourth-order valence-electron chi connectivity index (χ4n) is 2.00. The zero-order valence-electron chi connectivity index (χ0n) is 11.1. The average molecular weight is 241 g/mol. The lowest BCUT2D eigenvalue weighted by Crippen LogP contribution is -2.31. The first-order chi connectivity index (χ1) is 8.10. The van der Waals surface area contributed by atoms with Crippen LogP contribution in [0.15, 0.2) is 0 Å². The van der Waals surface area contributed by atoms with Gasteiger partial charge in [-0.15, -0.1) is 0 Å². The molecule has 17 heavy (non-hydrogen) atoms. The molecule has 2 heterocycles. The minimum Gasteiger partial charge on any atom is -0.346 e. The number of carbonyl (C=O) groups excluding carboxylic acids is 2. The summed E-state index contributed by atoms with van der Waals surface area (Å²) in [7, 11) is 1.84. The molecule has 0 atom stereocenters. The van der Waals surface area contributed by atoms with E-state index in [0.29, 0.717) is 5.91 Å². The summed E-state index contributed by atoms with van der Waals surface area (Å²) >= 11 is 0. The summed E-state index contributed by atoms with van der Waals surface area (Å²) in [5.41, 5.74) is 0. The fraction of sp³-hybridized carbons (Fsp3) is 0.833. The smallest absolute Gasteiger partial charge is 0.320 e. The number of hydrogen-bond donors (Lipinski definition) is 0. The molecule has 5 heteroatoms. The number of carbonyl (C=O) groups is 2. The monoisotopic (exact) mass is 241 g/mol. The molecule has 0 radical (unpaired) electrons. The summed E-state index contributed by atoms with van der Waals surface area (Å²) in [5, 5.41) is 0. The summed E-state index contributed by atoms with van der Waals surface area (Å²) in [6.07, 6.45) is 1.81. The molecule has 0 aliphatic carbocycles. The molecule has 2 fully saturated rings. The standard InChI is InChI=1S/C7H14N2O.C5H9NO/c1-3-8-5-6-9(4-2)7(8)10;1-6-4-2-3-5(6)7/h3-6H2,1-2H3;2-4H2,1H3. The Bertz CT molecular complexity index is 267. The molecule has 2 aliphatic rings. The van der Waals surface area contributed by atoms with Crippen LogP contribution in [0.2, 0.25) is 0 Å². The maximum Gasteiger partial charge on any atom is 0.320 e. The van der Waals surface area contributed by atoms with Crippen molar-refractivity contribution in [2.45, 2.75) is 26.7 Å². The predicted octanol–water partition coefficient (Wildman–Crippen LogP) is 1.00. The third-order valence-corrected chi connectivity index (χ3v) is 3.25. The lowest BCUT2D eigenvalue weighted by Gasteiger charge is -2.14. The number of amides is 3. The number of hydrogen-bond acceptors (Lipinski definition) is 2. The van der Waals surface area contributed by atoms with E-state index in [9.17, 15) is 9.59 Å². The van der Waals surface area contributed by atoms with Gasteiger partial charge in [0.05, 0.1) is 0 Å². The van der Waals surface area contributed by atoms with Crippen LogP contribution >= 0.6 is 0 Å². The van der Waals surface area contributed by atoms with Gasteiger partial charge in [-0.3, -0.25) is 4.79 Å². The van der Waals surface area contributed by atoms with E-state index < -0.39 is 0 Å². The van der Waals surface area contributed by atoms with Crippen LogP contribution in [0.5, 0.6) is 0 Å². The Labute approximate surface area is 103 Å². The Balaban J connectivity index is 0.000000181. The second-order valence-corrected chi connectivity index (χ2v) is 4.36. The normalized spacial score (nSPS) is 19.8. The Kier molecular flexibility index (Phi) is 5.25. The molecule has 0 aromatic rings. The van der Waals surface area contributed by atoms with E-state index in [0.717, 1.165) is 45.6 Å². The summed E-state index contributed by atoms with van der Waals surface area (Å²) in [5.74, 6) is 0.292. The van der Waals surface area contributed by atoms with E-state index in [1.54, 1.807) is 4.90 Å². The molecule has 0 unspecified atom stereocenters. The molecule has 2 saturated heterocycles. The summed E-state index contributed by atoms with van der Waals surface area (Å²) < 4.78 is 0. The van der Waals surface area contributed by atoms with Crippen molar-refractivity contribution in [1.29, 1.82) is 0 Å². The topological polar surface area (TPSA) is 43.9 Å². The lowest BCUT2D eigenvalue weighted by atomic mass is 10.4. The average Bonchev–Trinajstić information content (AvgIpc) is 2.87. The van der Waals surface area contributed by atoms with Crippen LogP contribution in [-0.4, -0.2) is 66.4 Å². The molecule has 0 aromatic heterocycles. The van der Waals surface area contributed by atoms with Crippen LogP contribution in [-0.2, 0) is 4.79 Å². The minimum absolute atomic E-state index is 0.199. The maximum absolute atomic E-state index is 11.2. The van der Waals surface area contributed by atoms with Gasteiger partial charge in [0, 0.05) is 46.2 Å². The Morgan fingerprint density at radius 1 is 1.00 bits per heavy atom. The molecule has 0 spiro atoms. The third-order valence-electron chi connectivity index (χ3n) is 3.25. The zero-order valence-corrected chi connectivity index (χ0v) is 11.1. The van der Waals surface area contributed by atoms with Crippen molar-refractivity contribution in [3.8, 4) is 0 Å². The van der Waals surface area contributed by atoms with Crippen LogP contribution in [0.3, 0.4) is 0 Å². The first kappa shape index (κ1) is 13.8. The number of likely N-dealkylation sites (N-methyl/N-ethyl adjacent to an activating group) is 2. The number of rotatable bonds is 2. The van der Waals surface area contributed by atoms with Crippen molar-refractivity contribution in [2.24, 2.45) is 0 Å². The highest BCUT2D eigenvalue weighted by Crippen LogP contribution is 2.06. The largest absolute Gasteiger partial charge is 0.346 e. The van der Waals surface area contributed by atoms with Gasteiger partial charge in [-0.25, -0.2) is 4.79 Å². The lowest BCUT2D eigenvalue weighted by molar-refractivity contribution is -0.126. The van der Waals surface area contributed by atoms with Crippen LogP contribution < -0.4 is 0 Å². The number of nitrogens with zero attached hydrogens (tertiary/aromatic N) is 3. The maximum atomic E-state index is 11.2. The van der Waals surface area contributed by atoms with Crippen LogP contribution in [0.4, 0.5) is 4.79 Å². The van der Waals surface area contributed by atoms with E-state index in [1.807, 2.05) is 30.7 Å². The molecule has 0 N–H and O–H groups in total. The van der Waals surface area contributed by atoms with Crippen LogP contribution in [0, 0.1) is 0 Å². The van der Waals surface area contributed by atoms with Gasteiger partial charge < -0.3 is 14.7 Å². The second-order valence-electron chi connectivity index (χ2n) is 4.36. The van der Waals surface area contributed by atoms with Crippen LogP contribution in [0.1, 0.15) is 26.7 Å². The van der Waals surface area contributed by atoms with Gasteiger partial charge in [0.1, 0.15) is 0 Å². The second kappa shape index (κ2) is 6.47. The van der Waals surface area contributed by atoms with E-state index in [1.165, 1.54) is 0 Å². The number of likely N-dealkylation sites (tertiary alicyclic amines) is 1. The summed E-state index contributed by atoms with van der Waals surface area (Å²) in [6, 6.07) is 0.199.